The van der Waals surface area contributed by atoms with E-state index in [1.165, 1.54) is 0 Å². The molecule has 0 aliphatic carbocycles. The number of aryl methyl sites for hydroxylation is 1. The van der Waals surface area contributed by atoms with Crippen LogP contribution in [0.15, 0.2) is 49.1 Å². The van der Waals surface area contributed by atoms with Gasteiger partial charge in [-0.25, -0.2) is 4.57 Å². The topological polar surface area (TPSA) is 54.1 Å². The summed E-state index contributed by atoms with van der Waals surface area (Å²) in [5.74, 6) is -0.746. The van der Waals surface area contributed by atoms with Crippen LogP contribution in [0.5, 0.6) is 0 Å². The molecule has 2 aromatic heterocycles. The second-order valence-electron chi connectivity index (χ2n) is 4.06. The number of pyridine rings is 2. The summed E-state index contributed by atoms with van der Waals surface area (Å²) in [6.45, 7) is 0.725. The molecule has 2 rings (SSSR count). The Hall–Kier alpha value is -2.23. The number of carboxylic acid groups (broad SMARTS) is 1. The first kappa shape index (κ1) is 12.2. The number of rotatable bonds is 5. The first-order valence-corrected chi connectivity index (χ1v) is 5.87. The standard InChI is InChI=1S/C14H14N2O2/c17-14(18)2-1-9-16-10-5-13(6-11-16)12-3-7-15-8-4-12/h3-8,10-11H,1-2,9H2/p+1. The Morgan fingerprint density at radius 2 is 1.72 bits per heavy atom. The van der Waals surface area contributed by atoms with Crippen molar-refractivity contribution in [1.82, 2.24) is 4.98 Å². The maximum atomic E-state index is 10.4. The van der Waals surface area contributed by atoms with Gasteiger partial charge < -0.3 is 5.11 Å². The Balaban J connectivity index is 2.00. The minimum Gasteiger partial charge on any atom is -0.481 e. The second kappa shape index (κ2) is 5.91. The van der Waals surface area contributed by atoms with Crippen molar-refractivity contribution in [3.05, 3.63) is 49.1 Å². The highest BCUT2D eigenvalue weighted by atomic mass is 16.4. The van der Waals surface area contributed by atoms with Crippen LogP contribution in [0.3, 0.4) is 0 Å². The molecule has 0 bridgehead atoms. The lowest BCUT2D eigenvalue weighted by Crippen LogP contribution is -2.32. The molecule has 18 heavy (non-hydrogen) atoms. The van der Waals surface area contributed by atoms with Gasteiger partial charge in [-0.3, -0.25) is 9.78 Å². The molecule has 92 valence electrons. The lowest BCUT2D eigenvalue weighted by Gasteiger charge is -2.00. The molecule has 0 saturated carbocycles. The van der Waals surface area contributed by atoms with Crippen LogP contribution in [0.4, 0.5) is 0 Å². The number of nitrogens with zero attached hydrogens (tertiary/aromatic N) is 2. The summed E-state index contributed by atoms with van der Waals surface area (Å²) in [6.07, 6.45) is 8.33. The van der Waals surface area contributed by atoms with Crippen molar-refractivity contribution in [2.75, 3.05) is 0 Å². The summed E-state index contributed by atoms with van der Waals surface area (Å²) in [4.78, 5) is 14.4. The number of hydrogen-bond donors (Lipinski definition) is 1. The molecular formula is C14H15N2O2+. The van der Waals surface area contributed by atoms with E-state index in [0.717, 1.165) is 17.7 Å². The Labute approximate surface area is 106 Å². The lowest BCUT2D eigenvalue weighted by atomic mass is 10.1. The highest BCUT2D eigenvalue weighted by Gasteiger charge is 2.04. The van der Waals surface area contributed by atoms with Gasteiger partial charge >= 0.3 is 5.97 Å². The molecule has 0 aromatic carbocycles. The third-order valence-corrected chi connectivity index (χ3v) is 2.71. The van der Waals surface area contributed by atoms with Gasteiger partial charge in [-0.1, -0.05) is 0 Å². The molecule has 0 unspecified atom stereocenters. The molecule has 0 atom stereocenters. The normalized spacial score (nSPS) is 10.2. The fourth-order valence-corrected chi connectivity index (χ4v) is 1.76. The number of hydrogen-bond acceptors (Lipinski definition) is 2. The zero-order valence-corrected chi connectivity index (χ0v) is 9.99. The van der Waals surface area contributed by atoms with Crippen molar-refractivity contribution in [3.8, 4) is 11.1 Å². The molecule has 0 fully saturated rings. The van der Waals surface area contributed by atoms with Gasteiger partial charge in [-0.15, -0.1) is 0 Å². The smallest absolute Gasteiger partial charge is 0.303 e. The summed E-state index contributed by atoms with van der Waals surface area (Å²) in [7, 11) is 0. The van der Waals surface area contributed by atoms with Gasteiger partial charge in [0.2, 0.25) is 0 Å². The first-order valence-electron chi connectivity index (χ1n) is 5.87. The highest BCUT2D eigenvalue weighted by Crippen LogP contribution is 2.15. The van der Waals surface area contributed by atoms with Crippen molar-refractivity contribution in [2.24, 2.45) is 0 Å². The Morgan fingerprint density at radius 1 is 1.11 bits per heavy atom. The van der Waals surface area contributed by atoms with Crippen LogP contribution in [0.2, 0.25) is 0 Å². The lowest BCUT2D eigenvalue weighted by molar-refractivity contribution is -0.697. The highest BCUT2D eigenvalue weighted by molar-refractivity contribution is 5.66. The number of carboxylic acids is 1. The fourth-order valence-electron chi connectivity index (χ4n) is 1.76. The van der Waals surface area contributed by atoms with Crippen LogP contribution in [-0.4, -0.2) is 16.1 Å². The van der Waals surface area contributed by atoms with Gasteiger partial charge in [0, 0.05) is 30.9 Å². The van der Waals surface area contributed by atoms with Gasteiger partial charge in [0.15, 0.2) is 12.4 Å². The van der Waals surface area contributed by atoms with Gasteiger partial charge in [0.05, 0.1) is 6.42 Å². The van der Waals surface area contributed by atoms with E-state index < -0.39 is 5.97 Å². The predicted molar refractivity (Wildman–Crippen MR) is 66.7 cm³/mol. The van der Waals surface area contributed by atoms with E-state index >= 15 is 0 Å². The Kier molecular flexibility index (Phi) is 4.02. The monoisotopic (exact) mass is 243 g/mol. The van der Waals surface area contributed by atoms with E-state index in [1.807, 2.05) is 41.2 Å². The number of aliphatic carboxylic acids is 1. The van der Waals surface area contributed by atoms with E-state index in [1.54, 1.807) is 12.4 Å². The average molecular weight is 243 g/mol. The van der Waals surface area contributed by atoms with Crippen LogP contribution >= 0.6 is 0 Å². The summed E-state index contributed by atoms with van der Waals surface area (Å²) < 4.78 is 1.99. The van der Waals surface area contributed by atoms with Crippen LogP contribution in [0.1, 0.15) is 12.8 Å². The molecule has 0 aliphatic rings. The molecular weight excluding hydrogens is 228 g/mol. The molecule has 2 heterocycles. The van der Waals surface area contributed by atoms with Gasteiger partial charge in [0.25, 0.3) is 0 Å². The largest absolute Gasteiger partial charge is 0.481 e. The molecule has 2 aromatic rings. The summed E-state index contributed by atoms with van der Waals surface area (Å²) >= 11 is 0. The molecule has 0 spiro atoms. The van der Waals surface area contributed by atoms with Crippen molar-refractivity contribution < 1.29 is 14.5 Å². The van der Waals surface area contributed by atoms with E-state index in [9.17, 15) is 4.79 Å². The van der Waals surface area contributed by atoms with Crippen LogP contribution in [0, 0.1) is 0 Å². The van der Waals surface area contributed by atoms with Gasteiger partial charge in [0.1, 0.15) is 6.54 Å². The third-order valence-electron chi connectivity index (χ3n) is 2.71. The van der Waals surface area contributed by atoms with E-state index in [2.05, 4.69) is 4.98 Å². The second-order valence-corrected chi connectivity index (χ2v) is 4.06. The summed E-state index contributed by atoms with van der Waals surface area (Å²) in [5, 5.41) is 8.57. The maximum Gasteiger partial charge on any atom is 0.303 e. The van der Waals surface area contributed by atoms with Crippen molar-refractivity contribution in [3.63, 3.8) is 0 Å². The molecule has 1 N–H and O–H groups in total. The van der Waals surface area contributed by atoms with E-state index in [4.69, 9.17) is 5.11 Å². The molecule has 0 amide bonds. The molecule has 0 radical (unpaired) electrons. The van der Waals surface area contributed by atoms with E-state index in [0.29, 0.717) is 6.42 Å². The van der Waals surface area contributed by atoms with Crippen LogP contribution < -0.4 is 4.57 Å². The minimum absolute atomic E-state index is 0.207. The molecule has 4 heteroatoms. The summed E-state index contributed by atoms with van der Waals surface area (Å²) in [6, 6.07) is 7.97. The SMILES string of the molecule is O=C(O)CCC[n+]1ccc(-c2ccncc2)cc1. The van der Waals surface area contributed by atoms with Crippen LogP contribution in [0.25, 0.3) is 11.1 Å². The zero-order chi connectivity index (χ0) is 12.8. The maximum absolute atomic E-state index is 10.4. The van der Waals surface area contributed by atoms with Crippen molar-refractivity contribution in [2.45, 2.75) is 19.4 Å². The third kappa shape index (κ3) is 3.38. The average Bonchev–Trinajstić information content (AvgIpc) is 2.40. The first-order chi connectivity index (χ1) is 8.75. The summed E-state index contributed by atoms with van der Waals surface area (Å²) in [5.41, 5.74) is 2.26. The van der Waals surface area contributed by atoms with Gasteiger partial charge in [-0.2, -0.15) is 0 Å². The Bertz CT molecular complexity index is 509. The number of carbonyl (C=O) groups is 1. The molecule has 4 nitrogen and oxygen atoms in total. The fraction of sp³-hybridized carbons (Fsp3) is 0.214. The molecule has 0 aliphatic heterocycles. The molecule has 0 saturated heterocycles. The minimum atomic E-state index is -0.746. The van der Waals surface area contributed by atoms with Crippen molar-refractivity contribution in [1.29, 1.82) is 0 Å². The van der Waals surface area contributed by atoms with E-state index in [-0.39, 0.29) is 6.42 Å². The van der Waals surface area contributed by atoms with Gasteiger partial charge in [-0.05, 0) is 23.3 Å². The quantitative estimate of drug-likeness (QED) is 0.816. The Morgan fingerprint density at radius 3 is 2.33 bits per heavy atom. The predicted octanol–water partition coefficient (Wildman–Crippen LogP) is 1.90. The van der Waals surface area contributed by atoms with Crippen molar-refractivity contribution >= 4 is 5.97 Å². The zero-order valence-electron chi connectivity index (χ0n) is 9.99. The van der Waals surface area contributed by atoms with Crippen LogP contribution in [-0.2, 0) is 11.3 Å². The number of aromatic nitrogens is 2.